The highest BCUT2D eigenvalue weighted by Gasteiger charge is 2.48. The van der Waals surface area contributed by atoms with E-state index in [4.69, 9.17) is 19.0 Å². The lowest BCUT2D eigenvalue weighted by Gasteiger charge is -2.44. The van der Waals surface area contributed by atoms with Crippen molar-refractivity contribution in [1.29, 1.82) is 0 Å². The quantitative estimate of drug-likeness (QED) is 0.398. The molecule has 0 saturated carbocycles. The largest absolute Gasteiger partial charge is 0.543 e. The van der Waals surface area contributed by atoms with Crippen LogP contribution in [-0.2, 0) is 9.53 Å². The molecule has 10 heteroatoms. The zero-order chi connectivity index (χ0) is 21.3. The number of aliphatic hydroxyl groups excluding tert-OH is 4. The fraction of sp³-hybridized carbons (Fsp3) is 0.474. The van der Waals surface area contributed by atoms with Crippen LogP contribution in [0.2, 0.25) is 0 Å². The normalized spacial score (nSPS) is 26.8. The van der Waals surface area contributed by atoms with E-state index in [2.05, 4.69) is 0 Å². The van der Waals surface area contributed by atoms with Gasteiger partial charge in [0.15, 0.2) is 0 Å². The molecule has 3 rings (SSSR count). The van der Waals surface area contributed by atoms with Gasteiger partial charge in [-0.05, 0) is 24.6 Å². The molecule has 10 nitrogen and oxygen atoms in total. The Bertz CT molecular complexity index is 954. The second-order valence-electron chi connectivity index (χ2n) is 7.04. The number of fused-ring (bicyclic) bond motifs is 1. The molecule has 0 aliphatic carbocycles. The molecule has 5 atom stereocenters. The number of carbonyl (C=O) groups excluding carboxylic acids is 1. The van der Waals surface area contributed by atoms with E-state index >= 15 is 0 Å². The number of aliphatic hydroxyl groups is 4. The molecule has 2 aromatic rings. The summed E-state index contributed by atoms with van der Waals surface area (Å²) in [7, 11) is 0. The summed E-state index contributed by atoms with van der Waals surface area (Å²) in [6.07, 6.45) is -6.59. The summed E-state index contributed by atoms with van der Waals surface area (Å²) < 4.78 is 16.0. The van der Waals surface area contributed by atoms with Crippen molar-refractivity contribution < 1.29 is 44.2 Å². The standard InChI is InChI=1S/C19H22O10/c1-9-4-16(23)27-14-6-11(2-3-12(9)14)28-19(18(25)26)7-10(21)5-15(29-19)17(24)13(22)8-20/h2-4,6,10,13,15,17,20-22,24H,5,7-8H2,1H3,(H,25,26)/p-1/t10-,13-,15-,17-,19-/m1/s1. The molecule has 158 valence electrons. The first-order chi connectivity index (χ1) is 13.6. The van der Waals surface area contributed by atoms with Crippen LogP contribution >= 0.6 is 0 Å². The summed E-state index contributed by atoms with van der Waals surface area (Å²) in [4.78, 5) is 23.5. The van der Waals surface area contributed by atoms with Crippen LogP contribution in [0, 0.1) is 6.92 Å². The van der Waals surface area contributed by atoms with Gasteiger partial charge in [0.2, 0.25) is 0 Å². The lowest BCUT2D eigenvalue weighted by atomic mass is 9.93. The first kappa shape index (κ1) is 21.2. The molecule has 0 unspecified atom stereocenters. The van der Waals surface area contributed by atoms with Gasteiger partial charge in [0.05, 0.1) is 18.8 Å². The van der Waals surface area contributed by atoms with E-state index < -0.39 is 54.8 Å². The van der Waals surface area contributed by atoms with Gasteiger partial charge in [-0.3, -0.25) is 0 Å². The number of hydrogen-bond donors (Lipinski definition) is 4. The molecule has 0 amide bonds. The Morgan fingerprint density at radius 1 is 1.38 bits per heavy atom. The molecule has 0 spiro atoms. The Morgan fingerprint density at radius 2 is 2.10 bits per heavy atom. The summed E-state index contributed by atoms with van der Waals surface area (Å²) in [5, 5.41) is 51.3. The van der Waals surface area contributed by atoms with Crippen LogP contribution in [0.15, 0.2) is 33.5 Å². The Labute approximate surface area is 164 Å². The minimum atomic E-state index is -2.48. The minimum Gasteiger partial charge on any atom is -0.543 e. The van der Waals surface area contributed by atoms with Crippen molar-refractivity contribution in [2.24, 2.45) is 0 Å². The van der Waals surface area contributed by atoms with E-state index in [0.717, 1.165) is 0 Å². The van der Waals surface area contributed by atoms with Crippen LogP contribution < -0.4 is 15.5 Å². The van der Waals surface area contributed by atoms with Crippen molar-refractivity contribution >= 4 is 16.9 Å². The second-order valence-corrected chi connectivity index (χ2v) is 7.04. The zero-order valence-corrected chi connectivity index (χ0v) is 15.5. The fourth-order valence-electron chi connectivity index (χ4n) is 3.37. The van der Waals surface area contributed by atoms with Crippen molar-refractivity contribution in [3.8, 4) is 5.75 Å². The third-order valence-corrected chi connectivity index (χ3v) is 4.83. The number of aliphatic carboxylic acids is 1. The predicted molar refractivity (Wildman–Crippen MR) is 94.8 cm³/mol. The van der Waals surface area contributed by atoms with Gasteiger partial charge >= 0.3 is 5.63 Å². The number of carbonyl (C=O) groups is 1. The van der Waals surface area contributed by atoms with Gasteiger partial charge in [0.25, 0.3) is 5.79 Å². The molecule has 1 aromatic carbocycles. The number of ether oxygens (including phenoxy) is 2. The van der Waals surface area contributed by atoms with Crippen molar-refractivity contribution in [2.45, 2.75) is 50.0 Å². The highest BCUT2D eigenvalue weighted by molar-refractivity contribution is 5.81. The molecule has 1 aromatic heterocycles. The van der Waals surface area contributed by atoms with Gasteiger partial charge in [-0.1, -0.05) is 0 Å². The monoisotopic (exact) mass is 409 g/mol. The van der Waals surface area contributed by atoms with Crippen LogP contribution in [-0.4, -0.2) is 63.2 Å². The van der Waals surface area contributed by atoms with Crippen LogP contribution in [0.1, 0.15) is 18.4 Å². The average molecular weight is 409 g/mol. The SMILES string of the molecule is Cc1cc(=O)oc2cc(O[C@]3(C(=O)[O-])C[C@H](O)C[C@H]([C@H](O)[C@H](O)CO)O3)ccc12. The lowest BCUT2D eigenvalue weighted by Crippen LogP contribution is -2.63. The second kappa shape index (κ2) is 8.09. The van der Waals surface area contributed by atoms with Gasteiger partial charge in [-0.15, -0.1) is 0 Å². The first-order valence-electron chi connectivity index (χ1n) is 8.93. The summed E-state index contributed by atoms with van der Waals surface area (Å²) in [6.45, 7) is 0.918. The van der Waals surface area contributed by atoms with E-state index in [1.807, 2.05) is 0 Å². The Hall–Kier alpha value is -2.50. The van der Waals surface area contributed by atoms with E-state index in [9.17, 15) is 30.0 Å². The minimum absolute atomic E-state index is 0.0412. The van der Waals surface area contributed by atoms with Crippen molar-refractivity contribution in [3.05, 3.63) is 40.2 Å². The Kier molecular flexibility index (Phi) is 5.92. The third kappa shape index (κ3) is 4.26. The van der Waals surface area contributed by atoms with E-state index in [-0.39, 0.29) is 17.8 Å². The molecule has 1 aliphatic heterocycles. The van der Waals surface area contributed by atoms with Gasteiger partial charge < -0.3 is 44.2 Å². The molecule has 0 radical (unpaired) electrons. The van der Waals surface area contributed by atoms with Crippen molar-refractivity contribution in [3.63, 3.8) is 0 Å². The van der Waals surface area contributed by atoms with E-state index in [1.165, 1.54) is 18.2 Å². The number of rotatable bonds is 6. The highest BCUT2D eigenvalue weighted by atomic mass is 16.7. The number of carboxylic acids is 1. The van der Waals surface area contributed by atoms with Crippen molar-refractivity contribution in [2.75, 3.05) is 6.61 Å². The smallest absolute Gasteiger partial charge is 0.336 e. The third-order valence-electron chi connectivity index (χ3n) is 4.83. The van der Waals surface area contributed by atoms with Crippen LogP contribution in [0.3, 0.4) is 0 Å². The Balaban J connectivity index is 1.95. The number of carboxylic acid groups (broad SMARTS) is 1. The highest BCUT2D eigenvalue weighted by Crippen LogP contribution is 2.34. The lowest BCUT2D eigenvalue weighted by molar-refractivity contribution is -0.365. The summed E-state index contributed by atoms with van der Waals surface area (Å²) in [5.41, 5.74) is 0.222. The van der Waals surface area contributed by atoms with E-state index in [0.29, 0.717) is 10.9 Å². The molecule has 1 aliphatic rings. The van der Waals surface area contributed by atoms with Gasteiger partial charge in [-0.2, -0.15) is 0 Å². The number of benzene rings is 1. The molecular formula is C19H21O10-. The molecule has 4 N–H and O–H groups in total. The Morgan fingerprint density at radius 3 is 2.76 bits per heavy atom. The summed E-state index contributed by atoms with van der Waals surface area (Å²) in [6, 6.07) is 5.60. The summed E-state index contributed by atoms with van der Waals surface area (Å²) in [5.74, 6) is -4.32. The molecular weight excluding hydrogens is 388 g/mol. The topological polar surface area (TPSA) is 170 Å². The fourth-order valence-corrected chi connectivity index (χ4v) is 3.37. The average Bonchev–Trinajstić information content (AvgIpc) is 2.65. The summed E-state index contributed by atoms with van der Waals surface area (Å²) >= 11 is 0. The molecule has 0 bridgehead atoms. The van der Waals surface area contributed by atoms with Crippen molar-refractivity contribution in [1.82, 2.24) is 0 Å². The maximum atomic E-state index is 11.9. The van der Waals surface area contributed by atoms with Gasteiger partial charge in [0, 0.05) is 30.4 Å². The maximum absolute atomic E-state index is 11.9. The predicted octanol–water partition coefficient (Wildman–Crippen LogP) is -1.82. The van der Waals surface area contributed by atoms with Crippen LogP contribution in [0.5, 0.6) is 5.75 Å². The maximum Gasteiger partial charge on any atom is 0.336 e. The number of aryl methyl sites for hydroxylation is 1. The van der Waals surface area contributed by atoms with Crippen LogP contribution in [0.4, 0.5) is 0 Å². The van der Waals surface area contributed by atoms with E-state index in [1.54, 1.807) is 13.0 Å². The molecule has 1 saturated heterocycles. The molecule has 2 heterocycles. The van der Waals surface area contributed by atoms with Crippen LogP contribution in [0.25, 0.3) is 11.0 Å². The first-order valence-corrected chi connectivity index (χ1v) is 8.93. The zero-order valence-electron chi connectivity index (χ0n) is 15.5. The number of hydrogen-bond acceptors (Lipinski definition) is 10. The van der Waals surface area contributed by atoms with Gasteiger partial charge in [-0.25, -0.2) is 4.79 Å². The van der Waals surface area contributed by atoms with Gasteiger partial charge in [0.1, 0.15) is 29.5 Å². The molecule has 29 heavy (non-hydrogen) atoms. The molecule has 1 fully saturated rings.